The van der Waals surface area contributed by atoms with E-state index in [0.29, 0.717) is 5.56 Å². The number of esters is 1. The average molecular weight is 273 g/mol. The van der Waals surface area contributed by atoms with Crippen LogP contribution in [0.15, 0.2) is 24.3 Å². The van der Waals surface area contributed by atoms with Crippen molar-refractivity contribution in [3.63, 3.8) is 0 Å². The molecule has 0 aliphatic rings. The molecule has 0 aromatic heterocycles. The standard InChI is InChI=1S/C11H15NO5S/c1-8(11(14)17-2)18(15,16)12-7-9-5-3-4-6-10(9)13/h3-6,8,12-13H,7H2,1-2H3. The monoisotopic (exact) mass is 273 g/mol. The van der Waals surface area contributed by atoms with E-state index in [1.807, 2.05) is 0 Å². The number of phenols is 1. The third kappa shape index (κ3) is 3.44. The van der Waals surface area contributed by atoms with Gasteiger partial charge in [-0.2, -0.15) is 0 Å². The number of methoxy groups -OCH3 is 1. The number of carbonyl (C=O) groups excluding carboxylic acids is 1. The lowest BCUT2D eigenvalue weighted by Gasteiger charge is -2.12. The predicted molar refractivity (Wildman–Crippen MR) is 65.3 cm³/mol. The lowest BCUT2D eigenvalue weighted by molar-refractivity contribution is -0.139. The smallest absolute Gasteiger partial charge is 0.325 e. The molecule has 0 saturated carbocycles. The quantitative estimate of drug-likeness (QED) is 0.756. The van der Waals surface area contributed by atoms with E-state index in [4.69, 9.17) is 0 Å². The molecule has 7 heteroatoms. The van der Waals surface area contributed by atoms with E-state index in [-0.39, 0.29) is 12.3 Å². The molecule has 0 heterocycles. The Kier molecular flexibility index (Phi) is 4.69. The number of benzene rings is 1. The first-order valence-corrected chi connectivity index (χ1v) is 6.76. The van der Waals surface area contributed by atoms with Crippen LogP contribution >= 0.6 is 0 Å². The van der Waals surface area contributed by atoms with Crippen LogP contribution in [0.4, 0.5) is 0 Å². The Morgan fingerprint density at radius 3 is 2.61 bits per heavy atom. The summed E-state index contributed by atoms with van der Waals surface area (Å²) in [5, 5.41) is 8.18. The van der Waals surface area contributed by atoms with Gasteiger partial charge in [0, 0.05) is 12.1 Å². The minimum absolute atomic E-state index is 0.00841. The van der Waals surface area contributed by atoms with Crippen molar-refractivity contribution in [3.8, 4) is 5.75 Å². The van der Waals surface area contributed by atoms with E-state index in [2.05, 4.69) is 9.46 Å². The molecule has 0 aliphatic carbocycles. The summed E-state index contributed by atoms with van der Waals surface area (Å²) in [5.74, 6) is -0.842. The number of carbonyl (C=O) groups is 1. The van der Waals surface area contributed by atoms with Gasteiger partial charge >= 0.3 is 5.97 Å². The van der Waals surface area contributed by atoms with Crippen LogP contribution in [0.3, 0.4) is 0 Å². The summed E-state index contributed by atoms with van der Waals surface area (Å²) in [6, 6.07) is 6.34. The topological polar surface area (TPSA) is 92.7 Å². The minimum atomic E-state index is -3.82. The molecule has 0 spiro atoms. The highest BCUT2D eigenvalue weighted by molar-refractivity contribution is 7.90. The molecule has 18 heavy (non-hydrogen) atoms. The van der Waals surface area contributed by atoms with Crippen LogP contribution in [0.1, 0.15) is 12.5 Å². The number of nitrogens with one attached hydrogen (secondary N) is 1. The van der Waals surface area contributed by atoms with Gasteiger partial charge in [0.25, 0.3) is 0 Å². The van der Waals surface area contributed by atoms with Gasteiger partial charge in [0.05, 0.1) is 7.11 Å². The molecular formula is C11H15NO5S. The first kappa shape index (κ1) is 14.5. The van der Waals surface area contributed by atoms with Crippen molar-refractivity contribution in [3.05, 3.63) is 29.8 Å². The van der Waals surface area contributed by atoms with Crippen molar-refractivity contribution in [2.75, 3.05) is 7.11 Å². The third-order valence-corrected chi connectivity index (χ3v) is 4.12. The van der Waals surface area contributed by atoms with Gasteiger partial charge in [-0.15, -0.1) is 0 Å². The normalized spacial score (nSPS) is 13.0. The Bertz CT molecular complexity index is 526. The molecule has 1 rings (SSSR count). The molecule has 0 amide bonds. The second-order valence-corrected chi connectivity index (χ2v) is 5.75. The van der Waals surface area contributed by atoms with Crippen molar-refractivity contribution in [2.45, 2.75) is 18.7 Å². The molecule has 0 bridgehead atoms. The Labute approximate surface area is 106 Å². The Morgan fingerprint density at radius 1 is 1.44 bits per heavy atom. The fraction of sp³-hybridized carbons (Fsp3) is 0.364. The summed E-state index contributed by atoms with van der Waals surface area (Å²) < 4.78 is 30.1. The molecule has 1 unspecified atom stereocenters. The maximum absolute atomic E-state index is 11.7. The Balaban J connectivity index is 2.74. The maximum atomic E-state index is 11.7. The highest BCUT2D eigenvalue weighted by atomic mass is 32.2. The van der Waals surface area contributed by atoms with Crippen molar-refractivity contribution in [2.24, 2.45) is 0 Å². The van der Waals surface area contributed by atoms with E-state index >= 15 is 0 Å². The van der Waals surface area contributed by atoms with Crippen LogP contribution in [0.25, 0.3) is 0 Å². The SMILES string of the molecule is COC(=O)C(C)S(=O)(=O)NCc1ccccc1O. The second kappa shape index (κ2) is 5.83. The molecule has 2 N–H and O–H groups in total. The van der Waals surface area contributed by atoms with Crippen LogP contribution in [0.5, 0.6) is 5.75 Å². The molecule has 0 aliphatic heterocycles. The predicted octanol–water partition coefficient (Wildman–Crippen LogP) is 0.373. The third-order valence-electron chi connectivity index (χ3n) is 2.45. The first-order chi connectivity index (χ1) is 8.38. The Morgan fingerprint density at radius 2 is 2.06 bits per heavy atom. The van der Waals surface area contributed by atoms with Crippen LogP contribution in [-0.4, -0.2) is 31.9 Å². The van der Waals surface area contributed by atoms with E-state index in [0.717, 1.165) is 7.11 Å². The average Bonchev–Trinajstić information content (AvgIpc) is 2.36. The van der Waals surface area contributed by atoms with Gasteiger partial charge in [-0.1, -0.05) is 18.2 Å². The fourth-order valence-corrected chi connectivity index (χ4v) is 2.21. The van der Waals surface area contributed by atoms with E-state index in [1.165, 1.54) is 13.0 Å². The van der Waals surface area contributed by atoms with E-state index < -0.39 is 21.2 Å². The summed E-state index contributed by atoms with van der Waals surface area (Å²) in [6.45, 7) is 1.15. The molecule has 100 valence electrons. The second-order valence-electron chi connectivity index (χ2n) is 3.66. The number of hydrogen-bond acceptors (Lipinski definition) is 5. The first-order valence-electron chi connectivity index (χ1n) is 5.21. The number of hydrogen-bond donors (Lipinski definition) is 2. The van der Waals surface area contributed by atoms with Gasteiger partial charge in [0.1, 0.15) is 5.75 Å². The highest BCUT2D eigenvalue weighted by Gasteiger charge is 2.28. The molecule has 1 aromatic rings. The molecule has 1 atom stereocenters. The largest absolute Gasteiger partial charge is 0.508 e. The number of sulfonamides is 1. The van der Waals surface area contributed by atoms with E-state index in [1.54, 1.807) is 18.2 Å². The summed E-state index contributed by atoms with van der Waals surface area (Å²) in [5.41, 5.74) is 0.429. The zero-order chi connectivity index (χ0) is 13.8. The van der Waals surface area contributed by atoms with Gasteiger partial charge in [-0.3, -0.25) is 4.79 Å². The molecule has 0 radical (unpaired) electrons. The molecule has 0 saturated heterocycles. The van der Waals surface area contributed by atoms with Crippen LogP contribution in [0.2, 0.25) is 0 Å². The fourth-order valence-electron chi connectivity index (χ4n) is 1.26. The van der Waals surface area contributed by atoms with Gasteiger partial charge in [0.2, 0.25) is 10.0 Å². The maximum Gasteiger partial charge on any atom is 0.325 e. The highest BCUT2D eigenvalue weighted by Crippen LogP contribution is 2.15. The van der Waals surface area contributed by atoms with Gasteiger partial charge in [0.15, 0.2) is 5.25 Å². The van der Waals surface area contributed by atoms with E-state index in [9.17, 15) is 18.3 Å². The minimum Gasteiger partial charge on any atom is -0.508 e. The van der Waals surface area contributed by atoms with Crippen molar-refractivity contribution in [1.82, 2.24) is 4.72 Å². The zero-order valence-electron chi connectivity index (χ0n) is 10.1. The summed E-state index contributed by atoms with van der Waals surface area (Å²) in [6.07, 6.45) is 0. The molecule has 0 fully saturated rings. The number of aromatic hydroxyl groups is 1. The molecule has 1 aromatic carbocycles. The zero-order valence-corrected chi connectivity index (χ0v) is 10.9. The summed E-state index contributed by atoms with van der Waals surface area (Å²) in [7, 11) is -2.70. The van der Waals surface area contributed by atoms with Crippen molar-refractivity contribution < 1.29 is 23.1 Å². The molecule has 6 nitrogen and oxygen atoms in total. The van der Waals surface area contributed by atoms with Gasteiger partial charge in [-0.25, -0.2) is 13.1 Å². The van der Waals surface area contributed by atoms with Crippen LogP contribution in [-0.2, 0) is 26.1 Å². The number of para-hydroxylation sites is 1. The van der Waals surface area contributed by atoms with Gasteiger partial charge in [-0.05, 0) is 13.0 Å². The summed E-state index contributed by atoms with van der Waals surface area (Å²) in [4.78, 5) is 11.1. The lowest BCUT2D eigenvalue weighted by Crippen LogP contribution is -2.37. The summed E-state index contributed by atoms with van der Waals surface area (Å²) >= 11 is 0. The van der Waals surface area contributed by atoms with Crippen molar-refractivity contribution >= 4 is 16.0 Å². The number of phenolic OH excluding ortho intramolecular Hbond substituents is 1. The Hall–Kier alpha value is -1.60. The number of ether oxygens (including phenoxy) is 1. The van der Waals surface area contributed by atoms with Crippen LogP contribution in [0, 0.1) is 0 Å². The lowest BCUT2D eigenvalue weighted by atomic mass is 10.2. The van der Waals surface area contributed by atoms with Gasteiger partial charge < -0.3 is 9.84 Å². The number of rotatable bonds is 5. The van der Waals surface area contributed by atoms with Crippen LogP contribution < -0.4 is 4.72 Å². The molecular weight excluding hydrogens is 258 g/mol. The van der Waals surface area contributed by atoms with Crippen molar-refractivity contribution in [1.29, 1.82) is 0 Å².